The average molecular weight is 204 g/mol. The molecule has 4 nitrogen and oxygen atoms in total. The molecule has 78 valence electrons. The molecule has 0 aliphatic heterocycles. The molecule has 0 atom stereocenters. The molecule has 4 heteroatoms. The van der Waals surface area contributed by atoms with Crippen molar-refractivity contribution in [3.8, 4) is 0 Å². The zero-order valence-electron chi connectivity index (χ0n) is 8.73. The molecule has 1 aromatic heterocycles. The van der Waals surface area contributed by atoms with Crippen LogP contribution in [0.25, 0.3) is 10.9 Å². The summed E-state index contributed by atoms with van der Waals surface area (Å²) in [5, 5.41) is 5.23. The molecule has 0 fully saturated rings. The maximum absolute atomic E-state index is 11.4. The lowest BCUT2D eigenvalue weighted by molar-refractivity contribution is 0.170. The summed E-state index contributed by atoms with van der Waals surface area (Å²) in [5.74, 6) is 0. The second-order valence-electron chi connectivity index (χ2n) is 3.20. The molecule has 2 rings (SSSR count). The van der Waals surface area contributed by atoms with Crippen molar-refractivity contribution >= 4 is 17.0 Å². The van der Waals surface area contributed by atoms with Gasteiger partial charge in [0, 0.05) is 5.39 Å². The van der Waals surface area contributed by atoms with Crippen LogP contribution in [0.3, 0.4) is 0 Å². The highest BCUT2D eigenvalue weighted by molar-refractivity contribution is 5.89. The van der Waals surface area contributed by atoms with E-state index in [9.17, 15) is 4.79 Å². The summed E-state index contributed by atoms with van der Waals surface area (Å²) in [6.45, 7) is 2.01. The zero-order valence-corrected chi connectivity index (χ0v) is 8.73. The predicted octanol–water partition coefficient (Wildman–Crippen LogP) is 2.21. The van der Waals surface area contributed by atoms with E-state index >= 15 is 0 Å². The lowest BCUT2D eigenvalue weighted by Gasteiger charge is -1.98. The van der Waals surface area contributed by atoms with Crippen LogP contribution in [0, 0.1) is 0 Å². The van der Waals surface area contributed by atoms with Crippen LogP contribution in [-0.2, 0) is 11.2 Å². The summed E-state index contributed by atoms with van der Waals surface area (Å²) in [6, 6.07) is 7.63. The van der Waals surface area contributed by atoms with Gasteiger partial charge in [-0.1, -0.05) is 25.1 Å². The fourth-order valence-electron chi connectivity index (χ4n) is 1.62. The number of aryl methyl sites for hydroxylation is 1. The Morgan fingerprint density at radius 3 is 2.87 bits per heavy atom. The van der Waals surface area contributed by atoms with Gasteiger partial charge in [0.25, 0.3) is 0 Å². The number of methoxy groups -OCH3 is 1. The first kappa shape index (κ1) is 9.71. The zero-order chi connectivity index (χ0) is 10.8. The van der Waals surface area contributed by atoms with Crippen molar-refractivity contribution in [2.24, 2.45) is 0 Å². The van der Waals surface area contributed by atoms with Crippen LogP contribution in [-0.4, -0.2) is 23.0 Å². The molecule has 0 spiro atoms. The van der Waals surface area contributed by atoms with E-state index in [1.54, 1.807) is 0 Å². The highest BCUT2D eigenvalue weighted by Crippen LogP contribution is 2.18. The van der Waals surface area contributed by atoms with Crippen molar-refractivity contribution in [3.05, 3.63) is 30.0 Å². The largest absolute Gasteiger partial charge is 0.451 e. The first-order valence-corrected chi connectivity index (χ1v) is 4.83. The number of aromatic nitrogens is 2. The van der Waals surface area contributed by atoms with Crippen molar-refractivity contribution < 1.29 is 9.53 Å². The monoisotopic (exact) mass is 204 g/mol. The third-order valence-corrected chi connectivity index (χ3v) is 2.35. The second kappa shape index (κ2) is 3.73. The summed E-state index contributed by atoms with van der Waals surface area (Å²) >= 11 is 0. The summed E-state index contributed by atoms with van der Waals surface area (Å²) in [6.07, 6.45) is 0.343. The van der Waals surface area contributed by atoms with Gasteiger partial charge in [-0.2, -0.15) is 9.78 Å². The molecule has 0 N–H and O–H groups in total. The number of hydrogen-bond donors (Lipinski definition) is 0. The molecule has 1 heterocycles. The maximum Gasteiger partial charge on any atom is 0.434 e. The van der Waals surface area contributed by atoms with Crippen LogP contribution in [0.15, 0.2) is 24.3 Å². The summed E-state index contributed by atoms with van der Waals surface area (Å²) in [5.41, 5.74) is 1.71. The van der Waals surface area contributed by atoms with Crippen LogP contribution >= 0.6 is 0 Å². The Morgan fingerprint density at radius 2 is 2.20 bits per heavy atom. The molecule has 0 radical (unpaired) electrons. The van der Waals surface area contributed by atoms with Crippen LogP contribution in [0.4, 0.5) is 4.79 Å². The van der Waals surface area contributed by atoms with Gasteiger partial charge >= 0.3 is 6.09 Å². The first-order valence-electron chi connectivity index (χ1n) is 4.83. The third-order valence-electron chi connectivity index (χ3n) is 2.35. The average Bonchev–Trinajstić information content (AvgIpc) is 2.67. The quantitative estimate of drug-likeness (QED) is 0.715. The molecule has 15 heavy (non-hydrogen) atoms. The topological polar surface area (TPSA) is 44.1 Å². The predicted molar refractivity (Wildman–Crippen MR) is 56.9 cm³/mol. The molecule has 0 amide bonds. The van der Waals surface area contributed by atoms with Gasteiger partial charge in [0.1, 0.15) is 0 Å². The van der Waals surface area contributed by atoms with E-state index < -0.39 is 6.09 Å². The number of hydrogen-bond acceptors (Lipinski definition) is 3. The smallest absolute Gasteiger partial charge is 0.434 e. The SMILES string of the molecule is CCc1nn(C(=O)OC)c2ccccc12. The minimum absolute atomic E-state index is 0.453. The molecule has 0 saturated carbocycles. The standard InChI is InChI=1S/C11H12N2O2/c1-3-9-8-6-4-5-7-10(8)13(12-9)11(14)15-2/h4-7H,3H2,1-2H3. The minimum atomic E-state index is -0.453. The highest BCUT2D eigenvalue weighted by Gasteiger charge is 2.13. The Morgan fingerprint density at radius 1 is 1.47 bits per heavy atom. The van der Waals surface area contributed by atoms with E-state index in [0.29, 0.717) is 0 Å². The van der Waals surface area contributed by atoms with Crippen LogP contribution in [0.1, 0.15) is 12.6 Å². The van der Waals surface area contributed by atoms with Crippen LogP contribution in [0.2, 0.25) is 0 Å². The van der Waals surface area contributed by atoms with E-state index in [1.165, 1.54) is 11.8 Å². The Kier molecular flexibility index (Phi) is 2.41. The van der Waals surface area contributed by atoms with Gasteiger partial charge < -0.3 is 4.74 Å². The van der Waals surface area contributed by atoms with E-state index in [4.69, 9.17) is 0 Å². The normalized spacial score (nSPS) is 10.5. The molecular weight excluding hydrogens is 192 g/mol. The lowest BCUT2D eigenvalue weighted by Crippen LogP contribution is -2.12. The van der Waals surface area contributed by atoms with E-state index in [0.717, 1.165) is 23.0 Å². The summed E-state index contributed by atoms with van der Waals surface area (Å²) < 4.78 is 5.96. The van der Waals surface area contributed by atoms with Gasteiger partial charge in [0.05, 0.1) is 18.3 Å². The number of para-hydroxylation sites is 1. The number of rotatable bonds is 1. The van der Waals surface area contributed by atoms with Crippen LogP contribution in [0.5, 0.6) is 0 Å². The van der Waals surface area contributed by atoms with Crippen molar-refractivity contribution in [2.75, 3.05) is 7.11 Å². The lowest BCUT2D eigenvalue weighted by atomic mass is 10.2. The number of nitrogens with zero attached hydrogens (tertiary/aromatic N) is 2. The summed E-state index contributed by atoms with van der Waals surface area (Å²) in [7, 11) is 1.35. The molecule has 0 aliphatic carbocycles. The van der Waals surface area contributed by atoms with Gasteiger partial charge in [0.2, 0.25) is 0 Å². The van der Waals surface area contributed by atoms with Gasteiger partial charge in [-0.25, -0.2) is 4.79 Å². The Bertz CT molecular complexity index is 502. The van der Waals surface area contributed by atoms with Gasteiger partial charge in [0.15, 0.2) is 0 Å². The van der Waals surface area contributed by atoms with Gasteiger partial charge in [-0.15, -0.1) is 0 Å². The Labute approximate surface area is 87.5 Å². The second-order valence-corrected chi connectivity index (χ2v) is 3.20. The molecule has 2 aromatic rings. The van der Waals surface area contributed by atoms with E-state index in [1.807, 2.05) is 31.2 Å². The van der Waals surface area contributed by atoms with Crippen molar-refractivity contribution in [3.63, 3.8) is 0 Å². The Hall–Kier alpha value is -1.84. The maximum atomic E-state index is 11.4. The molecule has 0 aliphatic rings. The van der Waals surface area contributed by atoms with E-state index in [2.05, 4.69) is 9.84 Å². The number of ether oxygens (including phenoxy) is 1. The molecular formula is C11H12N2O2. The summed E-state index contributed by atoms with van der Waals surface area (Å²) in [4.78, 5) is 11.4. The molecule has 0 saturated heterocycles. The minimum Gasteiger partial charge on any atom is -0.451 e. The van der Waals surface area contributed by atoms with Crippen molar-refractivity contribution in [1.29, 1.82) is 0 Å². The third kappa shape index (κ3) is 1.48. The number of fused-ring (bicyclic) bond motifs is 1. The molecule has 1 aromatic carbocycles. The number of benzene rings is 1. The fraction of sp³-hybridized carbons (Fsp3) is 0.273. The van der Waals surface area contributed by atoms with Crippen molar-refractivity contribution in [1.82, 2.24) is 9.78 Å². The number of carbonyl (C=O) groups excluding carboxylic acids is 1. The van der Waals surface area contributed by atoms with E-state index in [-0.39, 0.29) is 0 Å². The Balaban J connectivity index is 2.70. The molecule has 0 bridgehead atoms. The van der Waals surface area contributed by atoms with Crippen molar-refractivity contribution in [2.45, 2.75) is 13.3 Å². The fourth-order valence-corrected chi connectivity index (χ4v) is 1.62. The number of carbonyl (C=O) groups is 1. The van der Waals surface area contributed by atoms with Gasteiger partial charge in [-0.3, -0.25) is 0 Å². The highest BCUT2D eigenvalue weighted by atomic mass is 16.5. The first-order chi connectivity index (χ1) is 7.27. The van der Waals surface area contributed by atoms with Gasteiger partial charge in [-0.05, 0) is 12.5 Å². The van der Waals surface area contributed by atoms with Crippen LogP contribution < -0.4 is 0 Å². The molecule has 0 unspecified atom stereocenters.